The van der Waals surface area contributed by atoms with Crippen LogP contribution in [0.25, 0.3) is 0 Å². The maximum atomic E-state index is 12.8. The fourth-order valence-electron chi connectivity index (χ4n) is 9.99. The first-order valence-electron chi connectivity index (χ1n) is 8.82. The van der Waals surface area contributed by atoms with Crippen molar-refractivity contribution >= 4 is 5.78 Å². The number of carbonyl (C=O) groups is 1. The topological polar surface area (TPSA) is 17.1 Å². The standard InChI is InChI=1S/C18H22O/c19-17-8-3-13-10-4-9-11-1-7-2-12(9)16(14(10)17)18(5-7,6-8)15(11)13/h7-16H,1-6H2/t7-,8-,9-,10+,11+,12-,13-,14-,15-,16+,18-/m0/s1. The third-order valence-electron chi connectivity index (χ3n) is 9.55. The van der Waals surface area contributed by atoms with E-state index in [9.17, 15) is 4.79 Å². The van der Waals surface area contributed by atoms with Crippen LogP contribution >= 0.6 is 0 Å². The van der Waals surface area contributed by atoms with E-state index in [2.05, 4.69) is 0 Å². The lowest BCUT2D eigenvalue weighted by atomic mass is 9.21. The zero-order valence-corrected chi connectivity index (χ0v) is 11.4. The Hall–Kier alpha value is -0.330. The highest BCUT2D eigenvalue weighted by atomic mass is 16.1. The minimum absolute atomic E-state index is 0.520. The van der Waals surface area contributed by atoms with Crippen molar-refractivity contribution < 1.29 is 4.79 Å². The molecular weight excluding hydrogens is 232 g/mol. The van der Waals surface area contributed by atoms with Gasteiger partial charge >= 0.3 is 0 Å². The van der Waals surface area contributed by atoms with E-state index in [0.29, 0.717) is 17.3 Å². The molecule has 0 aromatic heterocycles. The van der Waals surface area contributed by atoms with Crippen molar-refractivity contribution in [2.75, 3.05) is 0 Å². The predicted octanol–water partition coefficient (Wildman–Crippen LogP) is 3.14. The molecule has 10 fully saturated rings. The average molecular weight is 254 g/mol. The van der Waals surface area contributed by atoms with Gasteiger partial charge in [0.2, 0.25) is 0 Å². The fraction of sp³-hybridized carbons (Fsp3) is 0.944. The molecule has 11 bridgehead atoms. The summed E-state index contributed by atoms with van der Waals surface area (Å²) in [5.74, 6) is 9.93. The van der Waals surface area contributed by atoms with Crippen molar-refractivity contribution in [3.8, 4) is 0 Å². The van der Waals surface area contributed by atoms with Crippen LogP contribution in [0.5, 0.6) is 0 Å². The number of rotatable bonds is 0. The highest BCUT2D eigenvalue weighted by Crippen LogP contribution is 2.83. The van der Waals surface area contributed by atoms with Crippen LogP contribution in [0.4, 0.5) is 0 Å². The van der Waals surface area contributed by atoms with Crippen molar-refractivity contribution in [2.45, 2.75) is 38.5 Å². The van der Waals surface area contributed by atoms with Crippen molar-refractivity contribution in [1.29, 1.82) is 0 Å². The normalized spacial score (nSPS) is 76.5. The SMILES string of the molecule is O=C1[C@H]2C[C@H]3[C@H]4C[C@H]5[C@H]6C[C@H]7C[C@@H]5[C@H]([C@@H]14)[C@@](C7)(C2)[C@@H]63. The van der Waals surface area contributed by atoms with E-state index in [1.165, 1.54) is 25.7 Å². The molecule has 19 heavy (non-hydrogen) atoms. The Kier molecular flexibility index (Phi) is 1.24. The van der Waals surface area contributed by atoms with Crippen molar-refractivity contribution in [1.82, 2.24) is 0 Å². The van der Waals surface area contributed by atoms with Gasteiger partial charge in [-0.05, 0) is 91.3 Å². The van der Waals surface area contributed by atoms with Crippen LogP contribution in [0.15, 0.2) is 0 Å². The van der Waals surface area contributed by atoms with Crippen molar-refractivity contribution in [3.05, 3.63) is 0 Å². The molecule has 1 heteroatoms. The third-order valence-corrected chi connectivity index (χ3v) is 9.55. The minimum Gasteiger partial charge on any atom is -0.299 e. The average Bonchev–Trinajstić information content (AvgIpc) is 2.41. The number of hydrogen-bond acceptors (Lipinski definition) is 1. The van der Waals surface area contributed by atoms with E-state index in [1.54, 1.807) is 12.8 Å². The van der Waals surface area contributed by atoms with E-state index in [1.807, 2.05) is 0 Å². The molecule has 0 heterocycles. The van der Waals surface area contributed by atoms with Gasteiger partial charge in [0.05, 0.1) is 0 Å². The molecule has 1 spiro atoms. The summed E-state index contributed by atoms with van der Waals surface area (Å²) in [6, 6.07) is 0. The van der Waals surface area contributed by atoms with Gasteiger partial charge < -0.3 is 0 Å². The van der Waals surface area contributed by atoms with Gasteiger partial charge in [0.15, 0.2) is 0 Å². The Morgan fingerprint density at radius 3 is 2.47 bits per heavy atom. The molecule has 0 N–H and O–H groups in total. The summed E-state index contributed by atoms with van der Waals surface area (Å²) in [6.07, 6.45) is 8.79. The van der Waals surface area contributed by atoms with E-state index in [0.717, 1.165) is 53.1 Å². The predicted molar refractivity (Wildman–Crippen MR) is 70.0 cm³/mol. The first kappa shape index (κ1) is 9.58. The molecule has 10 aliphatic carbocycles. The third kappa shape index (κ3) is 0.719. The highest BCUT2D eigenvalue weighted by molar-refractivity contribution is 5.87. The molecule has 0 aromatic rings. The maximum absolute atomic E-state index is 12.8. The molecule has 0 unspecified atom stereocenters. The lowest BCUT2D eigenvalue weighted by Gasteiger charge is -2.82. The minimum atomic E-state index is 0.520. The number of hydrogen-bond donors (Lipinski definition) is 0. The van der Waals surface area contributed by atoms with Crippen LogP contribution in [0, 0.1) is 64.6 Å². The quantitative estimate of drug-likeness (QED) is 0.649. The van der Waals surface area contributed by atoms with Crippen LogP contribution in [0.2, 0.25) is 0 Å². The molecule has 10 saturated carbocycles. The summed E-state index contributed by atoms with van der Waals surface area (Å²) in [5, 5.41) is 0. The maximum Gasteiger partial charge on any atom is 0.139 e. The Balaban J connectivity index is 1.57. The second-order valence-corrected chi connectivity index (χ2v) is 9.45. The Morgan fingerprint density at radius 2 is 1.58 bits per heavy atom. The smallest absolute Gasteiger partial charge is 0.139 e. The Labute approximate surface area is 114 Å². The monoisotopic (exact) mass is 254 g/mol. The highest BCUT2D eigenvalue weighted by Gasteiger charge is 2.79. The second-order valence-electron chi connectivity index (χ2n) is 9.45. The Morgan fingerprint density at radius 1 is 0.789 bits per heavy atom. The number of ketones is 1. The molecule has 0 amide bonds. The van der Waals surface area contributed by atoms with Crippen LogP contribution in [0.3, 0.4) is 0 Å². The molecule has 0 aliphatic heterocycles. The zero-order valence-electron chi connectivity index (χ0n) is 11.4. The van der Waals surface area contributed by atoms with Gasteiger partial charge in [0.25, 0.3) is 0 Å². The lowest BCUT2D eigenvalue weighted by molar-refractivity contribution is -0.331. The van der Waals surface area contributed by atoms with Crippen LogP contribution in [0.1, 0.15) is 38.5 Å². The Bertz CT molecular complexity index is 538. The molecule has 100 valence electrons. The molecule has 0 saturated heterocycles. The van der Waals surface area contributed by atoms with Gasteiger partial charge in [-0.1, -0.05) is 0 Å². The zero-order chi connectivity index (χ0) is 12.1. The summed E-state index contributed by atoms with van der Waals surface area (Å²) in [4.78, 5) is 12.8. The summed E-state index contributed by atoms with van der Waals surface area (Å²) in [5.41, 5.74) is 0.704. The van der Waals surface area contributed by atoms with Gasteiger partial charge in [-0.2, -0.15) is 0 Å². The van der Waals surface area contributed by atoms with Crippen LogP contribution in [-0.4, -0.2) is 5.78 Å². The molecular formula is C18H22O. The molecule has 1 nitrogen and oxygen atoms in total. The van der Waals surface area contributed by atoms with E-state index < -0.39 is 0 Å². The summed E-state index contributed by atoms with van der Waals surface area (Å²) in [7, 11) is 0. The summed E-state index contributed by atoms with van der Waals surface area (Å²) in [6.45, 7) is 0. The number of Topliss-reactive ketones (excluding diaryl/α,β-unsaturated/α-hetero) is 1. The van der Waals surface area contributed by atoms with Crippen LogP contribution < -0.4 is 0 Å². The van der Waals surface area contributed by atoms with Gasteiger partial charge in [-0.15, -0.1) is 0 Å². The summed E-state index contributed by atoms with van der Waals surface area (Å²) < 4.78 is 0. The van der Waals surface area contributed by atoms with E-state index in [-0.39, 0.29) is 0 Å². The van der Waals surface area contributed by atoms with Crippen molar-refractivity contribution in [2.24, 2.45) is 64.6 Å². The first-order chi connectivity index (χ1) is 9.28. The van der Waals surface area contributed by atoms with Gasteiger partial charge in [-0.3, -0.25) is 4.79 Å². The van der Waals surface area contributed by atoms with Gasteiger partial charge in [-0.25, -0.2) is 0 Å². The van der Waals surface area contributed by atoms with E-state index in [4.69, 9.17) is 0 Å². The van der Waals surface area contributed by atoms with Crippen molar-refractivity contribution in [3.63, 3.8) is 0 Å². The lowest BCUT2D eigenvalue weighted by Crippen LogP contribution is -2.78. The second kappa shape index (κ2) is 2.46. The molecule has 11 atom stereocenters. The fourth-order valence-corrected chi connectivity index (χ4v) is 9.99. The largest absolute Gasteiger partial charge is 0.299 e. The summed E-state index contributed by atoms with van der Waals surface area (Å²) >= 11 is 0. The molecule has 0 radical (unpaired) electrons. The van der Waals surface area contributed by atoms with Gasteiger partial charge in [0.1, 0.15) is 5.78 Å². The number of carbonyl (C=O) groups excluding carboxylic acids is 1. The molecule has 10 rings (SSSR count). The van der Waals surface area contributed by atoms with Crippen LogP contribution in [-0.2, 0) is 4.79 Å². The first-order valence-corrected chi connectivity index (χ1v) is 8.82. The van der Waals surface area contributed by atoms with Gasteiger partial charge in [0, 0.05) is 11.8 Å². The molecule has 10 aliphatic rings. The van der Waals surface area contributed by atoms with E-state index >= 15 is 0 Å². The molecule has 0 aromatic carbocycles.